The van der Waals surface area contributed by atoms with Gasteiger partial charge in [-0.15, -0.1) is 0 Å². The van der Waals surface area contributed by atoms with E-state index < -0.39 is 0 Å². The van der Waals surface area contributed by atoms with Gasteiger partial charge in [-0.1, -0.05) is 18.2 Å². The van der Waals surface area contributed by atoms with E-state index in [4.69, 9.17) is 5.73 Å². The fourth-order valence-electron chi connectivity index (χ4n) is 3.05. The van der Waals surface area contributed by atoms with Crippen LogP contribution in [0.3, 0.4) is 0 Å². The molecule has 2 N–H and O–H groups in total. The fraction of sp³-hybridized carbons (Fsp3) is 0.600. The van der Waals surface area contributed by atoms with Crippen LogP contribution in [0.4, 0.5) is 5.69 Å². The zero-order chi connectivity index (χ0) is 13.1. The first-order valence-electron chi connectivity index (χ1n) is 6.83. The molecule has 1 heterocycles. The molecule has 0 spiro atoms. The fourth-order valence-corrected chi connectivity index (χ4v) is 3.05. The molecule has 1 aromatic rings. The maximum absolute atomic E-state index is 5.86. The molecule has 1 unspecified atom stereocenters. The number of hydrogen-bond donors (Lipinski definition) is 1. The van der Waals surface area contributed by atoms with Crippen molar-refractivity contribution >= 4 is 5.69 Å². The standard InChI is InChI=1S/C15H25N3/c1-12-6-4-7-13(10-16)15(12)18(3)11-14-8-5-9-17(14)2/h4,6-7,14H,5,8-11,16H2,1-3H3. The molecule has 100 valence electrons. The topological polar surface area (TPSA) is 32.5 Å². The van der Waals surface area contributed by atoms with Gasteiger partial charge < -0.3 is 15.5 Å². The first-order valence-corrected chi connectivity index (χ1v) is 6.83. The number of likely N-dealkylation sites (N-methyl/N-ethyl adjacent to an activating group) is 2. The molecule has 0 radical (unpaired) electrons. The maximum atomic E-state index is 5.86. The number of anilines is 1. The van der Waals surface area contributed by atoms with Gasteiger partial charge in [0.25, 0.3) is 0 Å². The summed E-state index contributed by atoms with van der Waals surface area (Å²) in [6.07, 6.45) is 2.64. The zero-order valence-corrected chi connectivity index (χ0v) is 11.8. The first kappa shape index (κ1) is 13.4. The van der Waals surface area contributed by atoms with Crippen molar-refractivity contribution in [3.63, 3.8) is 0 Å². The van der Waals surface area contributed by atoms with Gasteiger partial charge in [0.05, 0.1) is 0 Å². The van der Waals surface area contributed by atoms with Gasteiger partial charge in [0.2, 0.25) is 0 Å². The molecule has 0 aliphatic carbocycles. The number of para-hydroxylation sites is 1. The lowest BCUT2D eigenvalue weighted by Crippen LogP contribution is -2.37. The smallest absolute Gasteiger partial charge is 0.0439 e. The Balaban J connectivity index is 2.15. The molecule has 18 heavy (non-hydrogen) atoms. The number of nitrogens with zero attached hydrogens (tertiary/aromatic N) is 2. The van der Waals surface area contributed by atoms with Crippen molar-refractivity contribution < 1.29 is 0 Å². The second-order valence-corrected chi connectivity index (χ2v) is 5.44. The summed E-state index contributed by atoms with van der Waals surface area (Å²) in [6.45, 7) is 5.11. The summed E-state index contributed by atoms with van der Waals surface area (Å²) in [5.41, 5.74) is 9.74. The Morgan fingerprint density at radius 1 is 1.44 bits per heavy atom. The van der Waals surface area contributed by atoms with Gasteiger partial charge in [-0.3, -0.25) is 0 Å². The van der Waals surface area contributed by atoms with E-state index in [9.17, 15) is 0 Å². The predicted octanol–water partition coefficient (Wildman–Crippen LogP) is 1.98. The normalized spacial score (nSPS) is 20.3. The first-order chi connectivity index (χ1) is 8.63. The summed E-state index contributed by atoms with van der Waals surface area (Å²) in [5, 5.41) is 0. The molecule has 3 heteroatoms. The van der Waals surface area contributed by atoms with Crippen molar-refractivity contribution in [1.29, 1.82) is 0 Å². The van der Waals surface area contributed by atoms with Gasteiger partial charge in [0.15, 0.2) is 0 Å². The van der Waals surface area contributed by atoms with Crippen molar-refractivity contribution in [3.8, 4) is 0 Å². The summed E-state index contributed by atoms with van der Waals surface area (Å²) in [6, 6.07) is 7.08. The highest BCUT2D eigenvalue weighted by Gasteiger charge is 2.23. The maximum Gasteiger partial charge on any atom is 0.0439 e. The summed E-state index contributed by atoms with van der Waals surface area (Å²) >= 11 is 0. The van der Waals surface area contributed by atoms with Gasteiger partial charge in [-0.2, -0.15) is 0 Å². The van der Waals surface area contributed by atoms with E-state index in [2.05, 4.69) is 49.0 Å². The summed E-state index contributed by atoms with van der Waals surface area (Å²) in [7, 11) is 4.42. The van der Waals surface area contributed by atoms with E-state index >= 15 is 0 Å². The van der Waals surface area contributed by atoms with Crippen molar-refractivity contribution in [1.82, 2.24) is 4.90 Å². The van der Waals surface area contributed by atoms with E-state index in [1.165, 1.54) is 36.2 Å². The van der Waals surface area contributed by atoms with Crippen LogP contribution in [0.2, 0.25) is 0 Å². The molecule has 2 rings (SSSR count). The second kappa shape index (κ2) is 5.72. The monoisotopic (exact) mass is 247 g/mol. The van der Waals surface area contributed by atoms with E-state index in [1.54, 1.807) is 0 Å². The number of likely N-dealkylation sites (tertiary alicyclic amines) is 1. The number of rotatable bonds is 4. The average Bonchev–Trinajstić information content (AvgIpc) is 2.74. The minimum Gasteiger partial charge on any atom is -0.373 e. The third kappa shape index (κ3) is 2.68. The van der Waals surface area contributed by atoms with Gasteiger partial charge in [0, 0.05) is 31.9 Å². The van der Waals surface area contributed by atoms with Crippen LogP contribution in [0.1, 0.15) is 24.0 Å². The molecule has 0 aromatic heterocycles. The van der Waals surface area contributed by atoms with E-state index in [0.717, 1.165) is 6.54 Å². The Bertz CT molecular complexity index is 403. The zero-order valence-electron chi connectivity index (χ0n) is 11.8. The Morgan fingerprint density at radius 3 is 2.83 bits per heavy atom. The third-order valence-electron chi connectivity index (χ3n) is 4.08. The molecule has 1 aliphatic rings. The molecule has 1 atom stereocenters. The molecule has 1 aliphatic heterocycles. The van der Waals surface area contributed by atoms with Crippen LogP contribution in [0.25, 0.3) is 0 Å². The molecular weight excluding hydrogens is 222 g/mol. The van der Waals surface area contributed by atoms with Crippen molar-refractivity contribution in [3.05, 3.63) is 29.3 Å². The van der Waals surface area contributed by atoms with E-state index in [-0.39, 0.29) is 0 Å². The summed E-state index contributed by atoms with van der Waals surface area (Å²) in [5.74, 6) is 0. The molecule has 1 fully saturated rings. The minimum absolute atomic E-state index is 0.613. The van der Waals surface area contributed by atoms with Gasteiger partial charge in [-0.25, -0.2) is 0 Å². The molecule has 0 amide bonds. The Hall–Kier alpha value is -1.06. The van der Waals surface area contributed by atoms with Gasteiger partial charge in [0.1, 0.15) is 0 Å². The molecule has 1 saturated heterocycles. The lowest BCUT2D eigenvalue weighted by atomic mass is 10.1. The Kier molecular flexibility index (Phi) is 4.25. The summed E-state index contributed by atoms with van der Waals surface area (Å²) < 4.78 is 0. The Labute approximate surface area is 111 Å². The van der Waals surface area contributed by atoms with E-state index in [0.29, 0.717) is 12.6 Å². The molecular formula is C15H25N3. The van der Waals surface area contributed by atoms with Crippen molar-refractivity contribution in [2.24, 2.45) is 5.73 Å². The minimum atomic E-state index is 0.613. The quantitative estimate of drug-likeness (QED) is 0.883. The van der Waals surface area contributed by atoms with Crippen LogP contribution in [0.5, 0.6) is 0 Å². The number of hydrogen-bond acceptors (Lipinski definition) is 3. The second-order valence-electron chi connectivity index (χ2n) is 5.44. The predicted molar refractivity (Wildman–Crippen MR) is 78.0 cm³/mol. The number of benzene rings is 1. The van der Waals surface area contributed by atoms with Crippen molar-refractivity contribution in [2.75, 3.05) is 32.1 Å². The van der Waals surface area contributed by atoms with Crippen LogP contribution < -0.4 is 10.6 Å². The Morgan fingerprint density at radius 2 is 2.22 bits per heavy atom. The molecule has 0 saturated carbocycles. The van der Waals surface area contributed by atoms with Crippen LogP contribution in [-0.4, -0.2) is 38.1 Å². The average molecular weight is 247 g/mol. The molecule has 3 nitrogen and oxygen atoms in total. The lowest BCUT2D eigenvalue weighted by Gasteiger charge is -2.30. The molecule has 1 aromatic carbocycles. The highest BCUT2D eigenvalue weighted by molar-refractivity contribution is 5.59. The van der Waals surface area contributed by atoms with Gasteiger partial charge in [-0.05, 0) is 44.5 Å². The van der Waals surface area contributed by atoms with Crippen LogP contribution in [0, 0.1) is 6.92 Å². The highest BCUT2D eigenvalue weighted by Crippen LogP contribution is 2.26. The molecule has 0 bridgehead atoms. The number of aryl methyl sites for hydroxylation is 1. The lowest BCUT2D eigenvalue weighted by molar-refractivity contribution is 0.314. The highest BCUT2D eigenvalue weighted by atomic mass is 15.2. The van der Waals surface area contributed by atoms with Crippen molar-refractivity contribution in [2.45, 2.75) is 32.4 Å². The van der Waals surface area contributed by atoms with Crippen LogP contribution in [-0.2, 0) is 6.54 Å². The SMILES string of the molecule is Cc1cccc(CN)c1N(C)CC1CCCN1C. The summed E-state index contributed by atoms with van der Waals surface area (Å²) in [4.78, 5) is 4.85. The van der Waals surface area contributed by atoms with E-state index in [1.807, 2.05) is 0 Å². The largest absolute Gasteiger partial charge is 0.373 e. The van der Waals surface area contributed by atoms with Gasteiger partial charge >= 0.3 is 0 Å². The third-order valence-corrected chi connectivity index (χ3v) is 4.08. The van der Waals surface area contributed by atoms with Crippen LogP contribution >= 0.6 is 0 Å². The number of nitrogens with two attached hydrogens (primary N) is 1. The van der Waals surface area contributed by atoms with Crippen LogP contribution in [0.15, 0.2) is 18.2 Å².